The van der Waals surface area contributed by atoms with E-state index >= 15 is 0 Å². The molecule has 120 valence electrons. The number of rotatable bonds is 2. The van der Waals surface area contributed by atoms with Crippen molar-refractivity contribution in [3.05, 3.63) is 42.4 Å². The van der Waals surface area contributed by atoms with Crippen molar-refractivity contribution in [3.8, 4) is 11.3 Å². The first-order valence-electron chi connectivity index (χ1n) is 7.86. The zero-order valence-electron chi connectivity index (χ0n) is 12.6. The van der Waals surface area contributed by atoms with E-state index in [9.17, 15) is 8.42 Å². The highest BCUT2D eigenvalue weighted by Crippen LogP contribution is 2.59. The van der Waals surface area contributed by atoms with Gasteiger partial charge in [-0.2, -0.15) is 12.7 Å². The lowest BCUT2D eigenvalue weighted by molar-refractivity contribution is -0.0642. The molecule has 1 aliphatic carbocycles. The monoisotopic (exact) mass is 330 g/mol. The Balaban J connectivity index is 1.40. The molecule has 5 rings (SSSR count). The van der Waals surface area contributed by atoms with Gasteiger partial charge in [-0.3, -0.25) is 0 Å². The molecule has 6 nitrogen and oxygen atoms in total. The average Bonchev–Trinajstić information content (AvgIpc) is 2.96. The van der Waals surface area contributed by atoms with Crippen LogP contribution in [0, 0.1) is 11.3 Å². The third-order valence-electron chi connectivity index (χ3n) is 5.74. The van der Waals surface area contributed by atoms with Gasteiger partial charge in [0.1, 0.15) is 0 Å². The zero-order valence-corrected chi connectivity index (χ0v) is 13.4. The fourth-order valence-electron chi connectivity index (χ4n) is 4.77. The summed E-state index contributed by atoms with van der Waals surface area (Å²) in [6, 6.07) is 8.85. The van der Waals surface area contributed by atoms with Gasteiger partial charge in [0.05, 0.1) is 24.3 Å². The zero-order chi connectivity index (χ0) is 15.8. The molecular weight excluding hydrogens is 312 g/mol. The molecule has 3 aliphatic rings. The molecule has 2 N–H and O–H groups in total. The van der Waals surface area contributed by atoms with Crippen LogP contribution < -0.4 is 5.14 Å². The third kappa shape index (κ3) is 1.81. The number of hydrogen-bond acceptors (Lipinski definition) is 3. The number of nitrogens with two attached hydrogens (primary N) is 1. The van der Waals surface area contributed by atoms with Crippen LogP contribution >= 0.6 is 0 Å². The standard InChI is InChI=1S/C16H18N4O2S/c17-23(21,22)19-8-16(9-19)5-11(6-16)15-13-4-2-1-3-12(13)14-7-18-10-20(14)15/h1-4,7,10-11,15H,5-6,8-9H2,(H2,17,21,22). The van der Waals surface area contributed by atoms with Gasteiger partial charge in [0.15, 0.2) is 0 Å². The van der Waals surface area contributed by atoms with Gasteiger partial charge in [-0.15, -0.1) is 0 Å². The summed E-state index contributed by atoms with van der Waals surface area (Å²) in [7, 11) is -3.52. The second kappa shape index (κ2) is 4.23. The predicted octanol–water partition coefficient (Wildman–Crippen LogP) is 1.37. The second-order valence-corrected chi connectivity index (χ2v) is 8.75. The average molecular weight is 330 g/mol. The van der Waals surface area contributed by atoms with E-state index in [-0.39, 0.29) is 5.41 Å². The van der Waals surface area contributed by atoms with Crippen molar-refractivity contribution < 1.29 is 8.42 Å². The lowest BCUT2D eigenvalue weighted by Crippen LogP contribution is -2.65. The smallest absolute Gasteiger partial charge is 0.276 e. The van der Waals surface area contributed by atoms with Crippen molar-refractivity contribution in [2.24, 2.45) is 16.5 Å². The van der Waals surface area contributed by atoms with Crippen LogP contribution in [-0.2, 0) is 10.2 Å². The van der Waals surface area contributed by atoms with Crippen LogP contribution in [0.25, 0.3) is 11.3 Å². The van der Waals surface area contributed by atoms with Gasteiger partial charge in [0.2, 0.25) is 0 Å². The van der Waals surface area contributed by atoms with Gasteiger partial charge >= 0.3 is 0 Å². The highest BCUT2D eigenvalue weighted by Gasteiger charge is 2.57. The molecule has 1 aromatic heterocycles. The van der Waals surface area contributed by atoms with Crippen molar-refractivity contribution in [2.75, 3.05) is 13.1 Å². The van der Waals surface area contributed by atoms with Gasteiger partial charge in [-0.1, -0.05) is 24.3 Å². The molecule has 1 saturated carbocycles. The Labute approximate surface area is 135 Å². The van der Waals surface area contributed by atoms with Crippen molar-refractivity contribution >= 4 is 10.2 Å². The Hall–Kier alpha value is -1.70. The Kier molecular flexibility index (Phi) is 2.52. The second-order valence-electron chi connectivity index (χ2n) is 7.20. The molecule has 0 radical (unpaired) electrons. The lowest BCUT2D eigenvalue weighted by atomic mass is 9.56. The topological polar surface area (TPSA) is 81.2 Å². The summed E-state index contributed by atoms with van der Waals surface area (Å²) in [5, 5.41) is 5.20. The highest BCUT2D eigenvalue weighted by molar-refractivity contribution is 7.86. The van der Waals surface area contributed by atoms with Crippen LogP contribution in [0.1, 0.15) is 24.4 Å². The van der Waals surface area contributed by atoms with E-state index in [2.05, 4.69) is 33.8 Å². The Morgan fingerprint density at radius 1 is 1.22 bits per heavy atom. The van der Waals surface area contributed by atoms with Crippen molar-refractivity contribution in [3.63, 3.8) is 0 Å². The maximum absolute atomic E-state index is 11.4. The summed E-state index contributed by atoms with van der Waals surface area (Å²) in [6.45, 7) is 1.15. The number of hydrogen-bond donors (Lipinski definition) is 1. The number of fused-ring (bicyclic) bond motifs is 3. The maximum atomic E-state index is 11.4. The van der Waals surface area contributed by atoms with E-state index in [1.165, 1.54) is 21.1 Å². The molecule has 1 unspecified atom stereocenters. The van der Waals surface area contributed by atoms with Crippen molar-refractivity contribution in [1.82, 2.24) is 13.9 Å². The molecule has 2 fully saturated rings. The fraction of sp³-hybridized carbons (Fsp3) is 0.438. The number of benzene rings is 1. The molecule has 3 heterocycles. The molecule has 2 aromatic rings. The first kappa shape index (κ1) is 13.7. The molecule has 1 spiro atoms. The van der Waals surface area contributed by atoms with Gasteiger partial charge < -0.3 is 4.57 Å². The van der Waals surface area contributed by atoms with Crippen LogP contribution in [0.3, 0.4) is 0 Å². The third-order valence-corrected chi connectivity index (χ3v) is 6.72. The first-order valence-corrected chi connectivity index (χ1v) is 9.36. The van der Waals surface area contributed by atoms with Crippen LogP contribution in [0.5, 0.6) is 0 Å². The van der Waals surface area contributed by atoms with Gasteiger partial charge in [-0.25, -0.2) is 10.1 Å². The number of imidazole rings is 1. The van der Waals surface area contributed by atoms with E-state index in [1.54, 1.807) is 0 Å². The molecule has 0 bridgehead atoms. The van der Waals surface area contributed by atoms with E-state index < -0.39 is 10.2 Å². The Bertz CT molecular complexity index is 890. The lowest BCUT2D eigenvalue weighted by Gasteiger charge is -2.59. The number of aromatic nitrogens is 2. The summed E-state index contributed by atoms with van der Waals surface area (Å²) in [5.41, 5.74) is 3.98. The first-order chi connectivity index (χ1) is 11.0. The summed E-state index contributed by atoms with van der Waals surface area (Å²) in [4.78, 5) is 4.31. The Morgan fingerprint density at radius 3 is 2.70 bits per heavy atom. The molecule has 0 amide bonds. The van der Waals surface area contributed by atoms with E-state index in [1.807, 2.05) is 12.5 Å². The molecule has 2 aliphatic heterocycles. The van der Waals surface area contributed by atoms with Gasteiger partial charge in [0, 0.05) is 18.7 Å². The Morgan fingerprint density at radius 2 is 1.96 bits per heavy atom. The fourth-order valence-corrected chi connectivity index (χ4v) is 5.68. The molecule has 1 saturated heterocycles. The normalized spacial score (nSPS) is 25.7. The SMILES string of the molecule is NS(=O)(=O)N1CC2(CC(C3c4ccccc4-c4cncn43)C2)C1. The van der Waals surface area contributed by atoms with Gasteiger partial charge in [0.25, 0.3) is 10.2 Å². The minimum absolute atomic E-state index is 0.148. The van der Waals surface area contributed by atoms with E-state index in [4.69, 9.17) is 5.14 Å². The molecule has 23 heavy (non-hydrogen) atoms. The molecule has 1 atom stereocenters. The summed E-state index contributed by atoms with van der Waals surface area (Å²) >= 11 is 0. The largest absolute Gasteiger partial charge is 0.323 e. The highest BCUT2D eigenvalue weighted by atomic mass is 32.2. The van der Waals surface area contributed by atoms with Gasteiger partial charge in [-0.05, 0) is 29.7 Å². The molecular formula is C16H18N4O2S. The van der Waals surface area contributed by atoms with E-state index in [0.717, 1.165) is 12.8 Å². The van der Waals surface area contributed by atoms with Crippen molar-refractivity contribution in [2.45, 2.75) is 18.9 Å². The quantitative estimate of drug-likeness (QED) is 0.903. The predicted molar refractivity (Wildman–Crippen MR) is 85.6 cm³/mol. The van der Waals surface area contributed by atoms with E-state index in [0.29, 0.717) is 25.0 Å². The minimum atomic E-state index is -3.52. The van der Waals surface area contributed by atoms with Crippen LogP contribution in [-0.4, -0.2) is 35.4 Å². The van der Waals surface area contributed by atoms with Crippen LogP contribution in [0.2, 0.25) is 0 Å². The maximum Gasteiger partial charge on any atom is 0.276 e. The summed E-state index contributed by atoms with van der Waals surface area (Å²) in [6.07, 6.45) is 5.95. The van der Waals surface area contributed by atoms with Crippen molar-refractivity contribution in [1.29, 1.82) is 0 Å². The number of nitrogens with zero attached hydrogens (tertiary/aromatic N) is 3. The molecule has 7 heteroatoms. The molecule has 1 aromatic carbocycles. The summed E-state index contributed by atoms with van der Waals surface area (Å²) < 4.78 is 26.4. The minimum Gasteiger partial charge on any atom is -0.323 e. The van der Waals surface area contributed by atoms with Crippen LogP contribution in [0.15, 0.2) is 36.8 Å². The van der Waals surface area contributed by atoms with Crippen LogP contribution in [0.4, 0.5) is 0 Å². The summed E-state index contributed by atoms with van der Waals surface area (Å²) in [5.74, 6) is 0.536.